The van der Waals surface area contributed by atoms with Gasteiger partial charge >= 0.3 is 0 Å². The summed E-state index contributed by atoms with van der Waals surface area (Å²) >= 11 is -1.41. The van der Waals surface area contributed by atoms with Gasteiger partial charge in [0, 0.05) is 6.04 Å². The maximum Gasteiger partial charge on any atom is 0.211 e. The van der Waals surface area contributed by atoms with E-state index in [0.717, 1.165) is 0 Å². The number of nitrogens with zero attached hydrogens (tertiary/aromatic N) is 2. The van der Waals surface area contributed by atoms with Gasteiger partial charge in [-0.1, -0.05) is 0 Å². The van der Waals surface area contributed by atoms with Crippen molar-refractivity contribution in [2.75, 3.05) is 0 Å². The summed E-state index contributed by atoms with van der Waals surface area (Å²) in [7, 11) is 0. The minimum Gasteiger partial charge on any atom is -0.593 e. The molecular formula is C6H11N3OS. The van der Waals surface area contributed by atoms with Crippen molar-refractivity contribution in [1.82, 2.24) is 9.78 Å². The van der Waals surface area contributed by atoms with Gasteiger partial charge in [-0.15, -0.1) is 5.14 Å². The topological polar surface area (TPSA) is 66.9 Å². The molecule has 0 saturated heterocycles. The first kappa shape index (κ1) is 8.58. The zero-order chi connectivity index (χ0) is 8.43. The van der Waals surface area contributed by atoms with E-state index in [1.54, 1.807) is 10.9 Å². The first-order valence-electron chi connectivity index (χ1n) is 3.31. The Balaban J connectivity index is 2.82. The molecule has 0 aliphatic carbocycles. The molecule has 1 rings (SSSR count). The van der Waals surface area contributed by atoms with Crippen LogP contribution in [0.3, 0.4) is 0 Å². The Morgan fingerprint density at radius 2 is 2.36 bits per heavy atom. The second kappa shape index (κ2) is 3.25. The van der Waals surface area contributed by atoms with Crippen LogP contribution in [-0.4, -0.2) is 14.3 Å². The zero-order valence-electron chi connectivity index (χ0n) is 6.52. The van der Waals surface area contributed by atoms with Crippen LogP contribution < -0.4 is 5.14 Å². The van der Waals surface area contributed by atoms with E-state index in [1.807, 2.05) is 13.8 Å². The van der Waals surface area contributed by atoms with Gasteiger partial charge in [-0.05, 0) is 13.8 Å². The van der Waals surface area contributed by atoms with E-state index >= 15 is 0 Å². The van der Waals surface area contributed by atoms with Crippen LogP contribution >= 0.6 is 0 Å². The fourth-order valence-electron chi connectivity index (χ4n) is 0.707. The van der Waals surface area contributed by atoms with Gasteiger partial charge in [0.2, 0.25) is 4.90 Å². The summed E-state index contributed by atoms with van der Waals surface area (Å²) in [5.74, 6) is 0. The Morgan fingerprint density at radius 3 is 2.64 bits per heavy atom. The lowest BCUT2D eigenvalue weighted by molar-refractivity contribution is 0.531. The molecule has 5 heteroatoms. The molecule has 1 heterocycles. The Kier molecular flexibility index (Phi) is 2.53. The van der Waals surface area contributed by atoms with Crippen molar-refractivity contribution in [2.45, 2.75) is 24.8 Å². The molecule has 62 valence electrons. The average Bonchev–Trinajstić information content (AvgIpc) is 2.33. The van der Waals surface area contributed by atoms with E-state index < -0.39 is 11.4 Å². The highest BCUT2D eigenvalue weighted by Gasteiger charge is 2.09. The highest BCUT2D eigenvalue weighted by atomic mass is 32.2. The second-order valence-electron chi connectivity index (χ2n) is 2.55. The third-order valence-corrected chi connectivity index (χ3v) is 2.01. The standard InChI is InChI=1S/C6H11N3OS/c1-5(2)9-4-6(3-8-9)11(7)10/h3-5H,7H2,1-2H3. The van der Waals surface area contributed by atoms with Crippen molar-refractivity contribution in [1.29, 1.82) is 0 Å². The van der Waals surface area contributed by atoms with Crippen LogP contribution in [0, 0.1) is 0 Å². The largest absolute Gasteiger partial charge is 0.593 e. The predicted octanol–water partition coefficient (Wildman–Crippen LogP) is 0.445. The third-order valence-electron chi connectivity index (χ3n) is 1.34. The maximum absolute atomic E-state index is 10.7. The second-order valence-corrected chi connectivity index (χ2v) is 3.61. The summed E-state index contributed by atoms with van der Waals surface area (Å²) in [5.41, 5.74) is 0. The van der Waals surface area contributed by atoms with Crippen molar-refractivity contribution in [3.8, 4) is 0 Å². The number of rotatable bonds is 2. The monoisotopic (exact) mass is 173 g/mol. The zero-order valence-corrected chi connectivity index (χ0v) is 7.34. The molecule has 0 aliphatic heterocycles. The Labute approximate surface area is 68.7 Å². The third kappa shape index (κ3) is 1.95. The predicted molar refractivity (Wildman–Crippen MR) is 43.2 cm³/mol. The molecule has 0 aliphatic rings. The SMILES string of the molecule is CC(C)n1cc([S+](N)[O-])cn1. The minimum absolute atomic E-state index is 0.285. The van der Waals surface area contributed by atoms with Crippen LogP contribution in [0.15, 0.2) is 17.3 Å². The molecule has 4 nitrogen and oxygen atoms in total. The lowest BCUT2D eigenvalue weighted by atomic mass is 10.4. The van der Waals surface area contributed by atoms with Gasteiger partial charge in [0.25, 0.3) is 0 Å². The lowest BCUT2D eigenvalue weighted by Gasteiger charge is -2.02. The van der Waals surface area contributed by atoms with Crippen molar-refractivity contribution >= 4 is 11.4 Å². The van der Waals surface area contributed by atoms with Crippen molar-refractivity contribution < 1.29 is 4.55 Å². The summed E-state index contributed by atoms with van der Waals surface area (Å²) in [5, 5.41) is 9.13. The van der Waals surface area contributed by atoms with E-state index in [4.69, 9.17) is 5.14 Å². The van der Waals surface area contributed by atoms with Crippen LogP contribution in [0.2, 0.25) is 0 Å². The first-order valence-corrected chi connectivity index (χ1v) is 4.53. The molecule has 0 fully saturated rings. The molecule has 0 aromatic carbocycles. The van der Waals surface area contributed by atoms with Gasteiger partial charge in [0.05, 0.1) is 17.6 Å². The normalized spacial score (nSPS) is 13.9. The van der Waals surface area contributed by atoms with E-state index in [2.05, 4.69) is 5.10 Å². The summed E-state index contributed by atoms with van der Waals surface area (Å²) in [6.07, 6.45) is 3.22. The van der Waals surface area contributed by atoms with E-state index in [0.29, 0.717) is 4.90 Å². The number of hydrogen-bond donors (Lipinski definition) is 1. The Bertz CT molecular complexity index is 211. The molecular weight excluding hydrogens is 162 g/mol. The smallest absolute Gasteiger partial charge is 0.211 e. The molecule has 0 spiro atoms. The molecule has 1 atom stereocenters. The van der Waals surface area contributed by atoms with Crippen molar-refractivity contribution in [2.24, 2.45) is 5.14 Å². The fraction of sp³-hybridized carbons (Fsp3) is 0.500. The van der Waals surface area contributed by atoms with Gasteiger partial charge in [-0.2, -0.15) is 5.10 Å². The number of hydrogen-bond acceptors (Lipinski definition) is 3. The molecule has 1 unspecified atom stereocenters. The molecule has 0 bridgehead atoms. The summed E-state index contributed by atoms with van der Waals surface area (Å²) in [6, 6.07) is 0.285. The van der Waals surface area contributed by atoms with Crippen LogP contribution in [-0.2, 0) is 11.4 Å². The number of nitrogens with two attached hydrogens (primary N) is 1. The summed E-state index contributed by atoms with van der Waals surface area (Å²) < 4.78 is 12.4. The van der Waals surface area contributed by atoms with Crippen molar-refractivity contribution in [3.05, 3.63) is 12.4 Å². The lowest BCUT2D eigenvalue weighted by Crippen LogP contribution is -2.11. The first-order chi connectivity index (χ1) is 5.11. The van der Waals surface area contributed by atoms with Gasteiger partial charge in [-0.25, -0.2) is 0 Å². The Hall–Kier alpha value is -0.520. The molecule has 0 saturated carbocycles. The Morgan fingerprint density at radius 1 is 1.73 bits per heavy atom. The highest BCUT2D eigenvalue weighted by Crippen LogP contribution is 2.08. The molecule has 2 N–H and O–H groups in total. The van der Waals surface area contributed by atoms with Crippen LogP contribution in [0.25, 0.3) is 0 Å². The molecule has 1 aromatic rings. The van der Waals surface area contributed by atoms with Gasteiger partial charge in [0.15, 0.2) is 0 Å². The average molecular weight is 173 g/mol. The molecule has 0 amide bonds. The minimum atomic E-state index is -1.41. The maximum atomic E-state index is 10.7. The van der Waals surface area contributed by atoms with Gasteiger partial charge in [-0.3, -0.25) is 4.68 Å². The highest BCUT2D eigenvalue weighted by molar-refractivity contribution is 7.89. The van der Waals surface area contributed by atoms with Crippen molar-refractivity contribution in [3.63, 3.8) is 0 Å². The molecule has 0 radical (unpaired) electrons. The van der Waals surface area contributed by atoms with E-state index in [9.17, 15) is 4.55 Å². The number of aromatic nitrogens is 2. The molecule has 1 aromatic heterocycles. The van der Waals surface area contributed by atoms with Crippen LogP contribution in [0.5, 0.6) is 0 Å². The van der Waals surface area contributed by atoms with Crippen LogP contribution in [0.4, 0.5) is 0 Å². The van der Waals surface area contributed by atoms with E-state index in [1.165, 1.54) is 6.20 Å². The van der Waals surface area contributed by atoms with E-state index in [-0.39, 0.29) is 6.04 Å². The fourth-order valence-corrected chi connectivity index (χ4v) is 1.07. The summed E-state index contributed by atoms with van der Waals surface area (Å²) in [4.78, 5) is 0.568. The quantitative estimate of drug-likeness (QED) is 0.660. The van der Waals surface area contributed by atoms with Gasteiger partial charge in [0.1, 0.15) is 6.20 Å². The van der Waals surface area contributed by atoms with Crippen LogP contribution in [0.1, 0.15) is 19.9 Å². The molecule has 11 heavy (non-hydrogen) atoms. The van der Waals surface area contributed by atoms with Gasteiger partial charge < -0.3 is 4.55 Å². The summed E-state index contributed by atoms with van der Waals surface area (Å²) in [6.45, 7) is 3.99.